The van der Waals surface area contributed by atoms with Crippen LogP contribution in [-0.4, -0.2) is 40.8 Å². The molecular weight excluding hydrogens is 332 g/mol. The number of aromatic amines is 1. The number of rotatable bonds is 4. The standard InChI is InChI=1S/C15H14N4O4S/c20-14(16-8-10-5-6-17-18-10)9-1-4-12-13(7-9)24(22,23)19(15(12)21)11-2-3-11/h1,4-7,11H,2-3,8H2,(H,16,20)(H,17,18). The number of hydrogen-bond donors (Lipinski definition) is 2. The zero-order chi connectivity index (χ0) is 16.9. The highest BCUT2D eigenvalue weighted by atomic mass is 32.2. The van der Waals surface area contributed by atoms with E-state index in [4.69, 9.17) is 0 Å². The summed E-state index contributed by atoms with van der Waals surface area (Å²) in [5.74, 6) is -0.920. The Balaban J connectivity index is 1.61. The molecule has 0 unspecified atom stereocenters. The molecule has 2 N–H and O–H groups in total. The maximum absolute atomic E-state index is 12.6. The van der Waals surface area contributed by atoms with Crippen LogP contribution in [0.25, 0.3) is 0 Å². The van der Waals surface area contributed by atoms with E-state index in [2.05, 4.69) is 15.5 Å². The molecule has 1 aliphatic heterocycles. The van der Waals surface area contributed by atoms with E-state index in [0.717, 1.165) is 10.00 Å². The third kappa shape index (κ3) is 2.28. The predicted molar refractivity (Wildman–Crippen MR) is 82.6 cm³/mol. The Bertz CT molecular complexity index is 932. The Kier molecular flexibility index (Phi) is 3.20. The van der Waals surface area contributed by atoms with Crippen molar-refractivity contribution in [2.45, 2.75) is 30.3 Å². The van der Waals surface area contributed by atoms with Crippen LogP contribution in [0.3, 0.4) is 0 Å². The number of hydrogen-bond acceptors (Lipinski definition) is 5. The number of carbonyl (C=O) groups is 2. The van der Waals surface area contributed by atoms with Gasteiger partial charge in [-0.1, -0.05) is 0 Å². The molecular formula is C15H14N4O4S. The summed E-state index contributed by atoms with van der Waals surface area (Å²) in [4.78, 5) is 24.4. The van der Waals surface area contributed by atoms with Gasteiger partial charge in [0.05, 0.1) is 17.8 Å². The van der Waals surface area contributed by atoms with E-state index in [1.165, 1.54) is 18.2 Å². The van der Waals surface area contributed by atoms with Crippen LogP contribution in [0, 0.1) is 0 Å². The molecule has 4 rings (SSSR count). The van der Waals surface area contributed by atoms with Crippen molar-refractivity contribution >= 4 is 21.8 Å². The number of H-pyrrole nitrogens is 1. The molecule has 0 radical (unpaired) electrons. The molecule has 0 spiro atoms. The highest BCUT2D eigenvalue weighted by Gasteiger charge is 2.48. The van der Waals surface area contributed by atoms with Crippen LogP contribution in [-0.2, 0) is 16.6 Å². The van der Waals surface area contributed by atoms with Crippen LogP contribution in [0.5, 0.6) is 0 Å². The van der Waals surface area contributed by atoms with Gasteiger partial charge in [0.1, 0.15) is 4.90 Å². The highest BCUT2D eigenvalue weighted by molar-refractivity contribution is 7.90. The van der Waals surface area contributed by atoms with E-state index in [1.807, 2.05) is 0 Å². The third-order valence-corrected chi connectivity index (χ3v) is 5.96. The lowest BCUT2D eigenvalue weighted by atomic mass is 10.1. The lowest BCUT2D eigenvalue weighted by Crippen LogP contribution is -2.32. The normalized spacial score (nSPS) is 18.5. The second-order valence-electron chi connectivity index (χ2n) is 5.81. The van der Waals surface area contributed by atoms with Crippen molar-refractivity contribution in [1.29, 1.82) is 0 Å². The Morgan fingerprint density at radius 2 is 2.12 bits per heavy atom. The molecule has 1 aromatic heterocycles. The molecule has 124 valence electrons. The summed E-state index contributed by atoms with van der Waals surface area (Å²) < 4.78 is 26.1. The van der Waals surface area contributed by atoms with Crippen molar-refractivity contribution in [2.75, 3.05) is 0 Å². The molecule has 1 saturated carbocycles. The topological polar surface area (TPSA) is 112 Å². The lowest BCUT2D eigenvalue weighted by Gasteiger charge is -2.13. The quantitative estimate of drug-likeness (QED) is 0.844. The van der Waals surface area contributed by atoms with Gasteiger partial charge in [-0.3, -0.25) is 14.7 Å². The number of amides is 2. The molecule has 2 amide bonds. The Hall–Kier alpha value is -2.68. The number of nitrogens with one attached hydrogen (secondary N) is 2. The lowest BCUT2D eigenvalue weighted by molar-refractivity contribution is 0.0863. The van der Waals surface area contributed by atoms with Crippen LogP contribution in [0.4, 0.5) is 0 Å². The first-order valence-electron chi connectivity index (χ1n) is 7.48. The molecule has 1 fully saturated rings. The molecule has 0 bridgehead atoms. The summed E-state index contributed by atoms with van der Waals surface area (Å²) in [6.45, 7) is 0.246. The summed E-state index contributed by atoms with van der Waals surface area (Å²) in [5, 5.41) is 9.17. The van der Waals surface area contributed by atoms with E-state index in [9.17, 15) is 18.0 Å². The van der Waals surface area contributed by atoms with Gasteiger partial charge in [-0.05, 0) is 37.1 Å². The highest BCUT2D eigenvalue weighted by Crippen LogP contribution is 2.39. The van der Waals surface area contributed by atoms with Gasteiger partial charge in [0.2, 0.25) is 0 Å². The van der Waals surface area contributed by atoms with Gasteiger partial charge >= 0.3 is 0 Å². The number of nitrogens with zero attached hydrogens (tertiary/aromatic N) is 2. The minimum absolute atomic E-state index is 0.0893. The average Bonchev–Trinajstić information content (AvgIpc) is 3.19. The Labute approximate surface area is 137 Å². The third-order valence-electron chi connectivity index (χ3n) is 4.09. The SMILES string of the molecule is O=C(NCc1ccn[nH]1)c1ccc2c(c1)S(=O)(=O)N(C1CC1)C2=O. The fraction of sp³-hybridized carbons (Fsp3) is 0.267. The molecule has 1 aliphatic carbocycles. The van der Waals surface area contributed by atoms with E-state index < -0.39 is 21.8 Å². The first-order valence-corrected chi connectivity index (χ1v) is 8.92. The molecule has 9 heteroatoms. The average molecular weight is 346 g/mol. The van der Waals surface area contributed by atoms with Crippen molar-refractivity contribution in [3.63, 3.8) is 0 Å². The zero-order valence-electron chi connectivity index (χ0n) is 12.5. The zero-order valence-corrected chi connectivity index (χ0v) is 13.3. The van der Waals surface area contributed by atoms with Crippen molar-refractivity contribution in [3.05, 3.63) is 47.3 Å². The second-order valence-corrected chi connectivity index (χ2v) is 7.60. The van der Waals surface area contributed by atoms with Gasteiger partial charge in [0.15, 0.2) is 0 Å². The number of aromatic nitrogens is 2. The summed E-state index contributed by atoms with van der Waals surface area (Å²) in [5.41, 5.74) is 1.06. The summed E-state index contributed by atoms with van der Waals surface area (Å²) in [6.07, 6.45) is 2.95. The van der Waals surface area contributed by atoms with Crippen LogP contribution >= 0.6 is 0 Å². The van der Waals surface area contributed by atoms with Crippen molar-refractivity contribution in [2.24, 2.45) is 0 Å². The maximum atomic E-state index is 12.6. The minimum Gasteiger partial charge on any atom is -0.346 e. The summed E-state index contributed by atoms with van der Waals surface area (Å²) >= 11 is 0. The predicted octanol–water partition coefficient (Wildman–Crippen LogP) is 0.647. The van der Waals surface area contributed by atoms with Gasteiger partial charge < -0.3 is 5.32 Å². The van der Waals surface area contributed by atoms with Gasteiger partial charge in [-0.15, -0.1) is 0 Å². The molecule has 1 aromatic carbocycles. The molecule has 2 aromatic rings. The largest absolute Gasteiger partial charge is 0.346 e. The van der Waals surface area contributed by atoms with Crippen LogP contribution < -0.4 is 5.32 Å². The fourth-order valence-electron chi connectivity index (χ4n) is 2.72. The summed E-state index contributed by atoms with van der Waals surface area (Å²) in [7, 11) is -3.86. The van der Waals surface area contributed by atoms with Crippen molar-refractivity contribution < 1.29 is 18.0 Å². The Morgan fingerprint density at radius 3 is 2.79 bits per heavy atom. The van der Waals surface area contributed by atoms with E-state index in [0.29, 0.717) is 12.8 Å². The van der Waals surface area contributed by atoms with Crippen molar-refractivity contribution in [1.82, 2.24) is 19.8 Å². The number of sulfonamides is 1. The first kappa shape index (κ1) is 14.9. The smallest absolute Gasteiger partial charge is 0.269 e. The molecule has 2 aliphatic rings. The maximum Gasteiger partial charge on any atom is 0.269 e. The molecule has 2 heterocycles. The van der Waals surface area contributed by atoms with Gasteiger partial charge in [0.25, 0.3) is 21.8 Å². The molecule has 0 atom stereocenters. The van der Waals surface area contributed by atoms with Crippen LogP contribution in [0.2, 0.25) is 0 Å². The van der Waals surface area contributed by atoms with Crippen LogP contribution in [0.15, 0.2) is 35.4 Å². The van der Waals surface area contributed by atoms with Gasteiger partial charge in [-0.2, -0.15) is 5.10 Å². The molecule has 24 heavy (non-hydrogen) atoms. The van der Waals surface area contributed by atoms with E-state index in [-0.39, 0.29) is 28.6 Å². The molecule has 0 saturated heterocycles. The second kappa shape index (κ2) is 5.17. The molecule has 8 nitrogen and oxygen atoms in total. The fourth-order valence-corrected chi connectivity index (χ4v) is 4.56. The Morgan fingerprint density at radius 1 is 1.33 bits per heavy atom. The minimum atomic E-state index is -3.86. The summed E-state index contributed by atoms with van der Waals surface area (Å²) in [6, 6.07) is 5.62. The van der Waals surface area contributed by atoms with Crippen molar-refractivity contribution in [3.8, 4) is 0 Å². The number of benzene rings is 1. The van der Waals surface area contributed by atoms with E-state index >= 15 is 0 Å². The van der Waals surface area contributed by atoms with Gasteiger partial charge in [-0.25, -0.2) is 12.7 Å². The van der Waals surface area contributed by atoms with Crippen LogP contribution in [0.1, 0.15) is 39.3 Å². The number of carbonyl (C=O) groups excluding carboxylic acids is 2. The van der Waals surface area contributed by atoms with Gasteiger partial charge in [0, 0.05) is 17.8 Å². The first-order chi connectivity index (χ1) is 11.5. The number of fused-ring (bicyclic) bond motifs is 1. The monoisotopic (exact) mass is 346 g/mol. The van der Waals surface area contributed by atoms with E-state index in [1.54, 1.807) is 12.3 Å².